The Balaban J connectivity index is 2.12. The predicted octanol–water partition coefficient (Wildman–Crippen LogP) is 3.27. The Bertz CT molecular complexity index is 573. The maximum atomic E-state index is 6.31. The van der Waals surface area contributed by atoms with Crippen LogP contribution in [0.1, 0.15) is 49.2 Å². The second-order valence-corrected chi connectivity index (χ2v) is 6.60. The zero-order valence-electron chi connectivity index (χ0n) is 13.1. The first kappa shape index (κ1) is 14.8. The molecule has 0 aliphatic carbocycles. The molecule has 0 bridgehead atoms. The number of hydrogen-bond donors (Lipinski definition) is 1. The van der Waals surface area contributed by atoms with Crippen molar-refractivity contribution in [3.8, 4) is 0 Å². The van der Waals surface area contributed by atoms with Crippen LogP contribution in [0.25, 0.3) is 0 Å². The van der Waals surface area contributed by atoms with Crippen molar-refractivity contribution in [2.75, 3.05) is 0 Å². The average Bonchev–Trinajstić information content (AvgIpc) is 2.68. The largest absolute Gasteiger partial charge is 0.324 e. The quantitative estimate of drug-likeness (QED) is 0.931. The van der Waals surface area contributed by atoms with Gasteiger partial charge in [0.1, 0.15) is 0 Å². The van der Waals surface area contributed by atoms with Crippen molar-refractivity contribution in [1.82, 2.24) is 9.78 Å². The van der Waals surface area contributed by atoms with Gasteiger partial charge in [0.05, 0.1) is 5.69 Å². The van der Waals surface area contributed by atoms with E-state index in [1.165, 1.54) is 11.1 Å². The number of aryl methyl sites for hydroxylation is 2. The van der Waals surface area contributed by atoms with Crippen LogP contribution in [-0.2, 0) is 18.9 Å². The number of nitrogens with two attached hydrogens (primary N) is 1. The van der Waals surface area contributed by atoms with Crippen LogP contribution in [0.4, 0.5) is 0 Å². The SMILES string of the molecule is Cc1nn(C)cc1C(N)Cc1ccc(C(C)(C)C)cc1. The van der Waals surface area contributed by atoms with Gasteiger partial charge in [-0.25, -0.2) is 0 Å². The Morgan fingerprint density at radius 1 is 1.20 bits per heavy atom. The summed E-state index contributed by atoms with van der Waals surface area (Å²) in [5, 5.41) is 4.36. The van der Waals surface area contributed by atoms with E-state index >= 15 is 0 Å². The molecule has 0 fully saturated rings. The van der Waals surface area contributed by atoms with E-state index in [0.717, 1.165) is 17.7 Å². The molecule has 20 heavy (non-hydrogen) atoms. The molecular formula is C17H25N3. The molecule has 1 unspecified atom stereocenters. The van der Waals surface area contributed by atoms with E-state index in [1.54, 1.807) is 0 Å². The van der Waals surface area contributed by atoms with Crippen LogP contribution in [0.15, 0.2) is 30.5 Å². The van der Waals surface area contributed by atoms with Crippen molar-refractivity contribution in [2.24, 2.45) is 12.8 Å². The molecule has 0 saturated carbocycles. The summed E-state index contributed by atoms with van der Waals surface area (Å²) in [6, 6.07) is 8.79. The average molecular weight is 271 g/mol. The molecule has 0 aliphatic rings. The summed E-state index contributed by atoms with van der Waals surface area (Å²) in [5.41, 5.74) is 11.3. The maximum Gasteiger partial charge on any atom is 0.0641 e. The van der Waals surface area contributed by atoms with E-state index in [0.29, 0.717) is 0 Å². The van der Waals surface area contributed by atoms with Crippen molar-refractivity contribution >= 4 is 0 Å². The summed E-state index contributed by atoms with van der Waals surface area (Å²) >= 11 is 0. The summed E-state index contributed by atoms with van der Waals surface area (Å²) < 4.78 is 1.83. The Morgan fingerprint density at radius 2 is 1.80 bits per heavy atom. The fourth-order valence-electron chi connectivity index (χ4n) is 2.49. The molecule has 0 spiro atoms. The van der Waals surface area contributed by atoms with E-state index in [4.69, 9.17) is 5.73 Å². The van der Waals surface area contributed by atoms with Gasteiger partial charge in [0.15, 0.2) is 0 Å². The zero-order chi connectivity index (χ0) is 14.9. The lowest BCUT2D eigenvalue weighted by Crippen LogP contribution is -2.14. The van der Waals surface area contributed by atoms with Crippen LogP contribution in [0.5, 0.6) is 0 Å². The number of hydrogen-bond acceptors (Lipinski definition) is 2. The molecule has 1 aromatic carbocycles. The minimum atomic E-state index is 0.00388. The molecule has 1 heterocycles. The van der Waals surface area contributed by atoms with E-state index < -0.39 is 0 Å². The molecule has 2 rings (SSSR count). The maximum absolute atomic E-state index is 6.31. The van der Waals surface area contributed by atoms with Gasteiger partial charge in [-0.05, 0) is 29.9 Å². The number of nitrogens with zero attached hydrogens (tertiary/aromatic N) is 2. The molecule has 3 nitrogen and oxygen atoms in total. The van der Waals surface area contributed by atoms with E-state index in [1.807, 2.05) is 24.9 Å². The number of benzene rings is 1. The molecule has 0 saturated heterocycles. The number of rotatable bonds is 3. The third-order valence-electron chi connectivity index (χ3n) is 3.73. The highest BCUT2D eigenvalue weighted by molar-refractivity contribution is 5.29. The second-order valence-electron chi connectivity index (χ2n) is 6.60. The zero-order valence-corrected chi connectivity index (χ0v) is 13.1. The third-order valence-corrected chi connectivity index (χ3v) is 3.73. The Kier molecular flexibility index (Phi) is 4.00. The Labute approximate surface area is 121 Å². The van der Waals surface area contributed by atoms with Crippen molar-refractivity contribution < 1.29 is 0 Å². The van der Waals surface area contributed by atoms with Gasteiger partial charge < -0.3 is 5.73 Å². The lowest BCUT2D eigenvalue weighted by molar-refractivity contribution is 0.589. The monoisotopic (exact) mass is 271 g/mol. The van der Waals surface area contributed by atoms with Crippen LogP contribution in [-0.4, -0.2) is 9.78 Å². The normalized spacial score (nSPS) is 13.5. The number of aromatic nitrogens is 2. The van der Waals surface area contributed by atoms with Gasteiger partial charge in [0.25, 0.3) is 0 Å². The van der Waals surface area contributed by atoms with Crippen molar-refractivity contribution in [1.29, 1.82) is 0 Å². The van der Waals surface area contributed by atoms with Gasteiger partial charge >= 0.3 is 0 Å². The standard InChI is InChI=1S/C17H25N3/c1-12-15(11-20(5)19-12)16(18)10-13-6-8-14(9-7-13)17(2,3)4/h6-9,11,16H,10,18H2,1-5H3. The predicted molar refractivity (Wildman–Crippen MR) is 83.7 cm³/mol. The second kappa shape index (κ2) is 5.41. The molecule has 2 aromatic rings. The summed E-state index contributed by atoms with van der Waals surface area (Å²) in [6.45, 7) is 8.70. The van der Waals surface area contributed by atoms with Gasteiger partial charge in [-0.3, -0.25) is 4.68 Å². The van der Waals surface area contributed by atoms with Gasteiger partial charge in [-0.2, -0.15) is 5.10 Å². The van der Waals surface area contributed by atoms with Crippen LogP contribution < -0.4 is 5.73 Å². The summed E-state index contributed by atoms with van der Waals surface area (Å²) in [7, 11) is 1.93. The van der Waals surface area contributed by atoms with Gasteiger partial charge in [0.2, 0.25) is 0 Å². The Hall–Kier alpha value is -1.61. The van der Waals surface area contributed by atoms with E-state index in [2.05, 4.69) is 50.1 Å². The highest BCUT2D eigenvalue weighted by Gasteiger charge is 2.15. The lowest BCUT2D eigenvalue weighted by atomic mass is 9.86. The van der Waals surface area contributed by atoms with Crippen LogP contribution in [0.2, 0.25) is 0 Å². The Morgan fingerprint density at radius 3 is 2.25 bits per heavy atom. The highest BCUT2D eigenvalue weighted by Crippen LogP contribution is 2.24. The van der Waals surface area contributed by atoms with Gasteiger partial charge in [-0.15, -0.1) is 0 Å². The van der Waals surface area contributed by atoms with Crippen LogP contribution in [0.3, 0.4) is 0 Å². The molecular weight excluding hydrogens is 246 g/mol. The smallest absolute Gasteiger partial charge is 0.0641 e. The van der Waals surface area contributed by atoms with Crippen molar-refractivity contribution in [2.45, 2.75) is 45.6 Å². The topological polar surface area (TPSA) is 43.8 Å². The molecule has 0 radical (unpaired) electrons. The minimum Gasteiger partial charge on any atom is -0.324 e. The molecule has 0 aliphatic heterocycles. The summed E-state index contributed by atoms with van der Waals surface area (Å²) in [6.07, 6.45) is 2.86. The van der Waals surface area contributed by atoms with Gasteiger partial charge in [-0.1, -0.05) is 45.0 Å². The summed E-state index contributed by atoms with van der Waals surface area (Å²) in [5.74, 6) is 0. The molecule has 108 valence electrons. The summed E-state index contributed by atoms with van der Waals surface area (Å²) in [4.78, 5) is 0. The van der Waals surface area contributed by atoms with Crippen molar-refractivity contribution in [3.05, 3.63) is 52.8 Å². The van der Waals surface area contributed by atoms with Crippen LogP contribution in [0, 0.1) is 6.92 Å². The fraction of sp³-hybridized carbons (Fsp3) is 0.471. The van der Waals surface area contributed by atoms with Crippen molar-refractivity contribution in [3.63, 3.8) is 0 Å². The first-order chi connectivity index (χ1) is 9.27. The molecule has 1 atom stereocenters. The first-order valence-electron chi connectivity index (χ1n) is 7.12. The first-order valence-corrected chi connectivity index (χ1v) is 7.12. The molecule has 0 amide bonds. The minimum absolute atomic E-state index is 0.00388. The third kappa shape index (κ3) is 3.28. The molecule has 1 aromatic heterocycles. The molecule has 3 heteroatoms. The lowest BCUT2D eigenvalue weighted by Gasteiger charge is -2.19. The van der Waals surface area contributed by atoms with E-state index in [9.17, 15) is 0 Å². The van der Waals surface area contributed by atoms with E-state index in [-0.39, 0.29) is 11.5 Å². The highest BCUT2D eigenvalue weighted by atomic mass is 15.2. The fourth-order valence-corrected chi connectivity index (χ4v) is 2.49. The molecule has 2 N–H and O–H groups in total. The van der Waals surface area contributed by atoms with Gasteiger partial charge in [0, 0.05) is 24.8 Å². The van der Waals surface area contributed by atoms with Crippen LogP contribution >= 0.6 is 0 Å².